The lowest BCUT2D eigenvalue weighted by Gasteiger charge is -2.16. The van der Waals surface area contributed by atoms with Crippen LogP contribution in [0.3, 0.4) is 0 Å². The van der Waals surface area contributed by atoms with Crippen molar-refractivity contribution in [3.63, 3.8) is 0 Å². The second-order valence-corrected chi connectivity index (χ2v) is 4.94. The smallest absolute Gasteiger partial charge is 0.238 e. The summed E-state index contributed by atoms with van der Waals surface area (Å²) >= 11 is 5.03. The standard InChI is InChI=1S/C16H16N2O2S/c1-20-13-9-5-8-12(10-13)18-16(19)14(15(17)21)11-6-3-2-4-7-11/h2-10,14H,1H3,(H2,17,21)(H,18,19). The first-order valence-corrected chi connectivity index (χ1v) is 6.82. The number of carbonyl (C=O) groups is 1. The molecule has 0 aliphatic carbocycles. The Kier molecular flexibility index (Phi) is 4.90. The van der Waals surface area contributed by atoms with Crippen molar-refractivity contribution in [3.8, 4) is 5.75 Å². The Morgan fingerprint density at radius 2 is 1.90 bits per heavy atom. The molecule has 2 rings (SSSR count). The minimum Gasteiger partial charge on any atom is -0.497 e. The van der Waals surface area contributed by atoms with Crippen molar-refractivity contribution in [2.45, 2.75) is 5.92 Å². The molecule has 4 nitrogen and oxygen atoms in total. The van der Waals surface area contributed by atoms with Crippen LogP contribution >= 0.6 is 12.2 Å². The normalized spacial score (nSPS) is 11.5. The van der Waals surface area contributed by atoms with E-state index in [0.717, 1.165) is 5.56 Å². The van der Waals surface area contributed by atoms with E-state index >= 15 is 0 Å². The number of benzene rings is 2. The first kappa shape index (κ1) is 15.0. The van der Waals surface area contributed by atoms with Gasteiger partial charge in [-0.3, -0.25) is 4.79 Å². The Morgan fingerprint density at radius 1 is 1.19 bits per heavy atom. The average molecular weight is 300 g/mol. The fraction of sp³-hybridized carbons (Fsp3) is 0.125. The van der Waals surface area contributed by atoms with Crippen LogP contribution < -0.4 is 15.8 Å². The van der Waals surface area contributed by atoms with Crippen molar-refractivity contribution in [1.82, 2.24) is 0 Å². The number of thiocarbonyl (C=S) groups is 1. The summed E-state index contributed by atoms with van der Waals surface area (Å²) < 4.78 is 5.13. The van der Waals surface area contributed by atoms with Crippen molar-refractivity contribution in [1.29, 1.82) is 0 Å². The Balaban J connectivity index is 2.21. The van der Waals surface area contributed by atoms with Gasteiger partial charge < -0.3 is 15.8 Å². The first-order chi connectivity index (χ1) is 10.1. The van der Waals surface area contributed by atoms with Gasteiger partial charge in [0.1, 0.15) is 11.7 Å². The number of rotatable bonds is 5. The van der Waals surface area contributed by atoms with E-state index in [1.165, 1.54) is 0 Å². The molecule has 0 spiro atoms. The molecule has 21 heavy (non-hydrogen) atoms. The maximum atomic E-state index is 12.4. The summed E-state index contributed by atoms with van der Waals surface area (Å²) in [6.45, 7) is 0. The van der Waals surface area contributed by atoms with E-state index in [-0.39, 0.29) is 10.9 Å². The summed E-state index contributed by atoms with van der Waals surface area (Å²) in [5, 5.41) is 2.81. The molecule has 1 atom stereocenters. The molecule has 0 saturated heterocycles. The van der Waals surface area contributed by atoms with E-state index in [1.54, 1.807) is 31.4 Å². The summed E-state index contributed by atoms with van der Waals surface area (Å²) in [7, 11) is 1.57. The number of nitrogens with one attached hydrogen (secondary N) is 1. The molecule has 0 aliphatic heterocycles. The Bertz CT molecular complexity index is 644. The van der Waals surface area contributed by atoms with Crippen molar-refractivity contribution in [3.05, 3.63) is 60.2 Å². The van der Waals surface area contributed by atoms with Crippen LogP contribution in [-0.4, -0.2) is 18.0 Å². The highest BCUT2D eigenvalue weighted by Crippen LogP contribution is 2.21. The number of methoxy groups -OCH3 is 1. The summed E-state index contributed by atoms with van der Waals surface area (Å²) in [5.41, 5.74) is 7.13. The second-order valence-electron chi connectivity index (χ2n) is 4.47. The molecule has 3 N–H and O–H groups in total. The summed E-state index contributed by atoms with van der Waals surface area (Å²) in [5.74, 6) is -0.256. The highest BCUT2D eigenvalue weighted by atomic mass is 32.1. The molecular formula is C16H16N2O2S. The molecular weight excluding hydrogens is 284 g/mol. The summed E-state index contributed by atoms with van der Waals surface area (Å²) in [4.78, 5) is 12.6. The molecule has 0 aromatic heterocycles. The lowest BCUT2D eigenvalue weighted by molar-refractivity contribution is -0.116. The topological polar surface area (TPSA) is 64.3 Å². The van der Waals surface area contributed by atoms with Crippen molar-refractivity contribution >= 4 is 28.8 Å². The molecule has 2 aromatic carbocycles. The van der Waals surface area contributed by atoms with Gasteiger partial charge in [-0.25, -0.2) is 0 Å². The minimum absolute atomic E-state index is 0.140. The van der Waals surface area contributed by atoms with Crippen LogP contribution in [0.2, 0.25) is 0 Å². The van der Waals surface area contributed by atoms with E-state index in [4.69, 9.17) is 22.7 Å². The van der Waals surface area contributed by atoms with E-state index in [1.807, 2.05) is 30.3 Å². The molecule has 1 amide bonds. The summed E-state index contributed by atoms with van der Waals surface area (Å²) in [6.07, 6.45) is 0. The highest BCUT2D eigenvalue weighted by Gasteiger charge is 2.23. The van der Waals surface area contributed by atoms with E-state index < -0.39 is 5.92 Å². The number of hydrogen-bond acceptors (Lipinski definition) is 3. The lowest BCUT2D eigenvalue weighted by atomic mass is 9.98. The third-order valence-corrected chi connectivity index (χ3v) is 3.25. The zero-order valence-corrected chi connectivity index (χ0v) is 12.4. The third-order valence-electron chi connectivity index (χ3n) is 3.02. The number of ether oxygens (including phenoxy) is 1. The predicted octanol–water partition coefficient (Wildman–Crippen LogP) is 2.70. The van der Waals surface area contributed by atoms with Crippen molar-refractivity contribution in [2.75, 3.05) is 12.4 Å². The fourth-order valence-corrected chi connectivity index (χ4v) is 2.25. The molecule has 0 saturated carbocycles. The van der Waals surface area contributed by atoms with Crippen molar-refractivity contribution < 1.29 is 9.53 Å². The van der Waals surface area contributed by atoms with Crippen molar-refractivity contribution in [2.24, 2.45) is 5.73 Å². The zero-order chi connectivity index (χ0) is 15.2. The number of anilines is 1. The first-order valence-electron chi connectivity index (χ1n) is 6.41. The molecule has 0 aliphatic rings. The van der Waals surface area contributed by atoms with E-state index in [9.17, 15) is 4.79 Å². The highest BCUT2D eigenvalue weighted by molar-refractivity contribution is 7.80. The molecule has 5 heteroatoms. The second kappa shape index (κ2) is 6.85. The maximum absolute atomic E-state index is 12.4. The predicted molar refractivity (Wildman–Crippen MR) is 87.6 cm³/mol. The molecule has 0 radical (unpaired) electrons. The molecule has 0 bridgehead atoms. The van der Waals surface area contributed by atoms with Gasteiger partial charge in [-0.2, -0.15) is 0 Å². The maximum Gasteiger partial charge on any atom is 0.238 e. The van der Waals surface area contributed by atoms with Crippen LogP contribution in [0.25, 0.3) is 0 Å². The summed E-state index contributed by atoms with van der Waals surface area (Å²) in [6, 6.07) is 16.3. The van der Waals surface area contributed by atoms with E-state index in [0.29, 0.717) is 11.4 Å². The van der Waals surface area contributed by atoms with Gasteiger partial charge in [0.25, 0.3) is 0 Å². The average Bonchev–Trinajstić information content (AvgIpc) is 2.48. The SMILES string of the molecule is COc1cccc(NC(=O)C(C(N)=S)c2ccccc2)c1. The van der Waals surface area contributed by atoms with Crippen LogP contribution in [0, 0.1) is 0 Å². The fourth-order valence-electron chi connectivity index (χ4n) is 2.01. The number of hydrogen-bond donors (Lipinski definition) is 2. The Morgan fingerprint density at radius 3 is 2.52 bits per heavy atom. The largest absolute Gasteiger partial charge is 0.497 e. The van der Waals surface area contributed by atoms with Gasteiger partial charge in [-0.1, -0.05) is 48.6 Å². The van der Waals surface area contributed by atoms with Gasteiger partial charge >= 0.3 is 0 Å². The van der Waals surface area contributed by atoms with Crippen LogP contribution in [0.15, 0.2) is 54.6 Å². The number of carbonyl (C=O) groups excluding carboxylic acids is 1. The quantitative estimate of drug-likeness (QED) is 0.833. The number of nitrogens with two attached hydrogens (primary N) is 1. The van der Waals surface area contributed by atoms with Gasteiger partial charge in [-0.15, -0.1) is 0 Å². The van der Waals surface area contributed by atoms with Gasteiger partial charge in [0.05, 0.1) is 12.1 Å². The van der Waals surface area contributed by atoms with Crippen LogP contribution in [-0.2, 0) is 4.79 Å². The third kappa shape index (κ3) is 3.79. The Labute approximate surface area is 128 Å². The molecule has 108 valence electrons. The lowest BCUT2D eigenvalue weighted by Crippen LogP contribution is -2.31. The van der Waals surface area contributed by atoms with Gasteiger partial charge in [-0.05, 0) is 17.7 Å². The van der Waals surface area contributed by atoms with Gasteiger partial charge in [0.15, 0.2) is 0 Å². The number of amides is 1. The minimum atomic E-state index is -0.660. The van der Waals surface area contributed by atoms with E-state index in [2.05, 4.69) is 5.32 Å². The van der Waals surface area contributed by atoms with Crippen LogP contribution in [0.1, 0.15) is 11.5 Å². The monoisotopic (exact) mass is 300 g/mol. The molecule has 2 aromatic rings. The molecule has 1 unspecified atom stereocenters. The van der Waals surface area contributed by atoms with Gasteiger partial charge in [0.2, 0.25) is 5.91 Å². The zero-order valence-electron chi connectivity index (χ0n) is 11.6. The van der Waals surface area contributed by atoms with Gasteiger partial charge in [0, 0.05) is 11.8 Å². The Hall–Kier alpha value is -2.40. The molecule has 0 heterocycles. The van der Waals surface area contributed by atoms with Crippen LogP contribution in [0.5, 0.6) is 5.75 Å². The van der Waals surface area contributed by atoms with Crippen LogP contribution in [0.4, 0.5) is 5.69 Å². The molecule has 0 fully saturated rings.